The van der Waals surface area contributed by atoms with Crippen LogP contribution in [0.5, 0.6) is 0 Å². The van der Waals surface area contributed by atoms with E-state index in [1.54, 1.807) is 24.3 Å². The zero-order valence-corrected chi connectivity index (χ0v) is 17.3. The number of unbranched alkanes of at least 4 members (excludes halogenated alkanes) is 7. The summed E-state index contributed by atoms with van der Waals surface area (Å²) < 4.78 is 10.8. The van der Waals surface area contributed by atoms with Crippen LogP contribution in [0.25, 0.3) is 0 Å². The molecular formula is C23H36O4. The van der Waals surface area contributed by atoms with Crippen LogP contribution in [0.4, 0.5) is 0 Å². The molecule has 1 atom stereocenters. The van der Waals surface area contributed by atoms with Gasteiger partial charge in [-0.25, -0.2) is 9.59 Å². The van der Waals surface area contributed by atoms with Crippen molar-refractivity contribution in [3.05, 3.63) is 35.4 Å². The van der Waals surface area contributed by atoms with E-state index in [-0.39, 0.29) is 17.2 Å². The van der Waals surface area contributed by atoms with Crippen molar-refractivity contribution in [3.8, 4) is 0 Å². The highest BCUT2D eigenvalue weighted by Gasteiger charge is 2.20. The van der Waals surface area contributed by atoms with E-state index in [0.717, 1.165) is 32.1 Å². The van der Waals surface area contributed by atoms with E-state index in [9.17, 15) is 9.59 Å². The molecule has 1 rings (SSSR count). The molecular weight excluding hydrogens is 340 g/mol. The summed E-state index contributed by atoms with van der Waals surface area (Å²) in [6, 6.07) is 6.72. The van der Waals surface area contributed by atoms with Gasteiger partial charge >= 0.3 is 11.9 Å². The van der Waals surface area contributed by atoms with Crippen molar-refractivity contribution in [2.75, 3.05) is 6.61 Å². The molecule has 1 aromatic rings. The second kappa shape index (κ2) is 14.2. The van der Waals surface area contributed by atoms with E-state index in [0.29, 0.717) is 6.61 Å². The molecule has 0 aliphatic heterocycles. The van der Waals surface area contributed by atoms with E-state index in [1.165, 1.54) is 32.1 Å². The molecule has 0 amide bonds. The van der Waals surface area contributed by atoms with Gasteiger partial charge in [-0.05, 0) is 38.3 Å². The fourth-order valence-corrected chi connectivity index (χ4v) is 2.95. The SMILES string of the molecule is CCCCCCCCC(C)OC(=O)c1ccccc1C(=O)OCCCCC. The molecule has 0 aliphatic rings. The van der Waals surface area contributed by atoms with E-state index < -0.39 is 11.9 Å². The minimum absolute atomic E-state index is 0.155. The number of hydrogen-bond acceptors (Lipinski definition) is 4. The number of hydrogen-bond donors (Lipinski definition) is 0. The summed E-state index contributed by atoms with van der Waals surface area (Å²) >= 11 is 0. The number of rotatable bonds is 14. The Bertz CT molecular complexity index is 553. The van der Waals surface area contributed by atoms with Gasteiger partial charge in [0.1, 0.15) is 0 Å². The van der Waals surface area contributed by atoms with Crippen molar-refractivity contribution < 1.29 is 19.1 Å². The van der Waals surface area contributed by atoms with Crippen molar-refractivity contribution in [3.63, 3.8) is 0 Å². The molecule has 0 heterocycles. The van der Waals surface area contributed by atoms with E-state index in [2.05, 4.69) is 13.8 Å². The Balaban J connectivity index is 2.48. The summed E-state index contributed by atoms with van der Waals surface area (Å²) in [4.78, 5) is 24.8. The smallest absolute Gasteiger partial charge is 0.339 e. The van der Waals surface area contributed by atoms with E-state index in [4.69, 9.17) is 9.47 Å². The summed E-state index contributed by atoms with van der Waals surface area (Å²) in [6.45, 7) is 6.60. The molecule has 0 N–H and O–H groups in total. The highest BCUT2D eigenvalue weighted by Crippen LogP contribution is 2.16. The topological polar surface area (TPSA) is 52.6 Å². The molecule has 1 aromatic carbocycles. The number of esters is 2. The van der Waals surface area contributed by atoms with Crippen LogP contribution < -0.4 is 0 Å². The van der Waals surface area contributed by atoms with Crippen molar-refractivity contribution >= 4 is 11.9 Å². The summed E-state index contributed by atoms with van der Waals surface area (Å²) in [5, 5.41) is 0. The summed E-state index contributed by atoms with van der Waals surface area (Å²) in [6.07, 6.45) is 10.9. The fourth-order valence-electron chi connectivity index (χ4n) is 2.95. The number of carbonyl (C=O) groups is 2. The van der Waals surface area contributed by atoms with Crippen molar-refractivity contribution in [1.82, 2.24) is 0 Å². The van der Waals surface area contributed by atoms with Gasteiger partial charge in [0.25, 0.3) is 0 Å². The van der Waals surface area contributed by atoms with Crippen LogP contribution in [0.2, 0.25) is 0 Å². The van der Waals surface area contributed by atoms with Crippen LogP contribution in [-0.2, 0) is 9.47 Å². The predicted octanol–water partition coefficient (Wildman–Crippen LogP) is 6.33. The summed E-state index contributed by atoms with van der Waals surface area (Å²) in [5.74, 6) is -0.906. The lowest BCUT2D eigenvalue weighted by Crippen LogP contribution is -2.19. The summed E-state index contributed by atoms with van der Waals surface area (Å²) in [7, 11) is 0. The Morgan fingerprint density at radius 2 is 1.37 bits per heavy atom. The van der Waals surface area contributed by atoms with Gasteiger partial charge in [0.15, 0.2) is 0 Å². The van der Waals surface area contributed by atoms with Gasteiger partial charge < -0.3 is 9.47 Å². The Kier molecular flexibility index (Phi) is 12.2. The van der Waals surface area contributed by atoms with Crippen LogP contribution >= 0.6 is 0 Å². The molecule has 152 valence electrons. The first-order valence-electron chi connectivity index (χ1n) is 10.6. The van der Waals surface area contributed by atoms with Gasteiger partial charge in [0, 0.05) is 0 Å². The van der Waals surface area contributed by atoms with Crippen LogP contribution in [-0.4, -0.2) is 24.6 Å². The Labute approximate surface area is 164 Å². The van der Waals surface area contributed by atoms with E-state index >= 15 is 0 Å². The molecule has 4 heteroatoms. The second-order valence-corrected chi connectivity index (χ2v) is 7.16. The van der Waals surface area contributed by atoms with Crippen LogP contribution in [0, 0.1) is 0 Å². The molecule has 0 radical (unpaired) electrons. The van der Waals surface area contributed by atoms with Crippen LogP contribution in [0.3, 0.4) is 0 Å². The highest BCUT2D eigenvalue weighted by molar-refractivity contribution is 6.03. The number of ether oxygens (including phenoxy) is 2. The summed E-state index contributed by atoms with van der Waals surface area (Å²) in [5.41, 5.74) is 0.568. The van der Waals surface area contributed by atoms with E-state index in [1.807, 2.05) is 6.92 Å². The zero-order chi connectivity index (χ0) is 19.9. The molecule has 1 unspecified atom stereocenters. The van der Waals surface area contributed by atoms with Gasteiger partial charge in [0.05, 0.1) is 23.8 Å². The molecule has 0 saturated heterocycles. The fraction of sp³-hybridized carbons (Fsp3) is 0.652. The van der Waals surface area contributed by atoms with Gasteiger partial charge in [-0.1, -0.05) is 70.9 Å². The Morgan fingerprint density at radius 1 is 0.815 bits per heavy atom. The largest absolute Gasteiger partial charge is 0.462 e. The third-order valence-electron chi connectivity index (χ3n) is 4.62. The Morgan fingerprint density at radius 3 is 2.04 bits per heavy atom. The first-order valence-corrected chi connectivity index (χ1v) is 10.6. The average Bonchev–Trinajstić information content (AvgIpc) is 2.67. The quantitative estimate of drug-likeness (QED) is 0.281. The third kappa shape index (κ3) is 9.60. The van der Waals surface area contributed by atoms with Crippen molar-refractivity contribution in [2.24, 2.45) is 0 Å². The molecule has 4 nitrogen and oxygen atoms in total. The first-order chi connectivity index (χ1) is 13.1. The molecule has 27 heavy (non-hydrogen) atoms. The molecule has 0 spiro atoms. The molecule has 0 fully saturated rings. The Hall–Kier alpha value is -1.84. The van der Waals surface area contributed by atoms with Crippen LogP contribution in [0.15, 0.2) is 24.3 Å². The molecule has 0 bridgehead atoms. The monoisotopic (exact) mass is 376 g/mol. The lowest BCUT2D eigenvalue weighted by atomic mass is 10.1. The van der Waals surface area contributed by atoms with Crippen molar-refractivity contribution in [1.29, 1.82) is 0 Å². The highest BCUT2D eigenvalue weighted by atomic mass is 16.5. The minimum atomic E-state index is -0.456. The second-order valence-electron chi connectivity index (χ2n) is 7.16. The minimum Gasteiger partial charge on any atom is -0.462 e. The number of carbonyl (C=O) groups excluding carboxylic acids is 2. The maximum atomic E-state index is 12.5. The maximum absolute atomic E-state index is 12.5. The average molecular weight is 377 g/mol. The first kappa shape index (κ1) is 23.2. The van der Waals surface area contributed by atoms with Crippen molar-refractivity contribution in [2.45, 2.75) is 91.1 Å². The lowest BCUT2D eigenvalue weighted by molar-refractivity contribution is 0.0307. The zero-order valence-electron chi connectivity index (χ0n) is 17.3. The molecule has 0 aliphatic carbocycles. The number of benzene rings is 1. The normalized spacial score (nSPS) is 11.8. The third-order valence-corrected chi connectivity index (χ3v) is 4.62. The van der Waals surface area contributed by atoms with Gasteiger partial charge in [-0.3, -0.25) is 0 Å². The van der Waals surface area contributed by atoms with Crippen LogP contribution in [0.1, 0.15) is 106 Å². The predicted molar refractivity (Wildman–Crippen MR) is 109 cm³/mol. The van der Waals surface area contributed by atoms with Gasteiger partial charge in [0.2, 0.25) is 0 Å². The molecule has 0 aromatic heterocycles. The van der Waals surface area contributed by atoms with Gasteiger partial charge in [-0.2, -0.15) is 0 Å². The standard InChI is InChI=1S/C23H36O4/c1-4-6-8-9-10-11-15-19(3)27-23(25)21-17-13-12-16-20(21)22(24)26-18-14-7-5-2/h12-13,16-17,19H,4-11,14-15,18H2,1-3H3. The molecule has 0 saturated carbocycles. The van der Waals surface area contributed by atoms with Gasteiger partial charge in [-0.15, -0.1) is 0 Å². The lowest BCUT2D eigenvalue weighted by Gasteiger charge is -2.15. The maximum Gasteiger partial charge on any atom is 0.339 e.